The molecule has 0 fully saturated rings. The maximum absolute atomic E-state index is 14.0. The standard InChI is InChI=1S/C15H21ClFNO3S/c1-5-22(20,21)9-10(2)18-14(19)15(3,4)12-7-6-11(16)8-13(12)17/h6-8,10H,5,9H2,1-4H3,(H,18,19). The topological polar surface area (TPSA) is 63.2 Å². The van der Waals surface area contributed by atoms with Crippen LogP contribution in [0.5, 0.6) is 0 Å². The maximum atomic E-state index is 14.0. The smallest absolute Gasteiger partial charge is 0.230 e. The zero-order valence-electron chi connectivity index (χ0n) is 13.1. The molecule has 0 aliphatic heterocycles. The Kier molecular flexibility index (Phi) is 5.98. The van der Waals surface area contributed by atoms with Crippen LogP contribution in [0.1, 0.15) is 33.3 Å². The van der Waals surface area contributed by atoms with Crippen LogP contribution in [0.2, 0.25) is 5.02 Å². The van der Waals surface area contributed by atoms with E-state index in [4.69, 9.17) is 11.6 Å². The van der Waals surface area contributed by atoms with E-state index in [0.29, 0.717) is 0 Å². The minimum atomic E-state index is -3.19. The van der Waals surface area contributed by atoms with Gasteiger partial charge in [-0.1, -0.05) is 24.6 Å². The fourth-order valence-corrected chi connectivity index (χ4v) is 3.30. The molecule has 0 aromatic heterocycles. The number of carbonyl (C=O) groups is 1. The lowest BCUT2D eigenvalue weighted by atomic mass is 9.83. The summed E-state index contributed by atoms with van der Waals surface area (Å²) < 4.78 is 37.2. The predicted octanol–water partition coefficient (Wildman–Crippen LogP) is 2.70. The van der Waals surface area contributed by atoms with Gasteiger partial charge < -0.3 is 5.32 Å². The molecule has 0 spiro atoms. The molecular formula is C15H21ClFNO3S. The zero-order chi connectivity index (χ0) is 17.1. The van der Waals surface area contributed by atoms with E-state index in [1.54, 1.807) is 27.7 Å². The summed E-state index contributed by atoms with van der Waals surface area (Å²) >= 11 is 5.71. The van der Waals surface area contributed by atoms with Gasteiger partial charge in [-0.05, 0) is 32.9 Å². The lowest BCUT2D eigenvalue weighted by Crippen LogP contribution is -2.46. The van der Waals surface area contributed by atoms with Crippen molar-refractivity contribution in [2.75, 3.05) is 11.5 Å². The van der Waals surface area contributed by atoms with Crippen molar-refractivity contribution < 1.29 is 17.6 Å². The zero-order valence-corrected chi connectivity index (χ0v) is 14.7. The van der Waals surface area contributed by atoms with Crippen LogP contribution >= 0.6 is 11.6 Å². The quantitative estimate of drug-likeness (QED) is 0.858. The number of hydrogen-bond donors (Lipinski definition) is 1. The van der Waals surface area contributed by atoms with E-state index in [0.717, 1.165) is 6.07 Å². The summed E-state index contributed by atoms with van der Waals surface area (Å²) in [4.78, 5) is 12.4. The molecule has 0 aliphatic rings. The van der Waals surface area contributed by atoms with Crippen LogP contribution < -0.4 is 5.32 Å². The fraction of sp³-hybridized carbons (Fsp3) is 0.533. The van der Waals surface area contributed by atoms with Gasteiger partial charge in [0.2, 0.25) is 5.91 Å². The van der Waals surface area contributed by atoms with Crippen molar-refractivity contribution in [3.8, 4) is 0 Å². The van der Waals surface area contributed by atoms with Gasteiger partial charge in [-0.3, -0.25) is 4.79 Å². The van der Waals surface area contributed by atoms with Crippen molar-refractivity contribution in [3.05, 3.63) is 34.6 Å². The molecule has 0 radical (unpaired) electrons. The average Bonchev–Trinajstić information content (AvgIpc) is 2.37. The molecule has 0 saturated carbocycles. The summed E-state index contributed by atoms with van der Waals surface area (Å²) in [5.74, 6) is -1.13. The molecule has 0 heterocycles. The first kappa shape index (κ1) is 18.9. The molecule has 1 unspecified atom stereocenters. The molecule has 1 aromatic carbocycles. The molecule has 0 aliphatic carbocycles. The minimum absolute atomic E-state index is 0.0163. The van der Waals surface area contributed by atoms with Crippen LogP contribution in [-0.2, 0) is 20.0 Å². The Bertz CT molecular complexity index is 659. The van der Waals surface area contributed by atoms with Gasteiger partial charge >= 0.3 is 0 Å². The number of nitrogens with one attached hydrogen (secondary N) is 1. The van der Waals surface area contributed by atoms with E-state index >= 15 is 0 Å². The molecule has 4 nitrogen and oxygen atoms in total. The average molecular weight is 350 g/mol. The third-order valence-corrected chi connectivity index (χ3v) is 5.62. The van der Waals surface area contributed by atoms with Gasteiger partial charge in [-0.15, -0.1) is 0 Å². The number of sulfone groups is 1. The molecule has 1 atom stereocenters. The Balaban J connectivity index is 2.91. The van der Waals surface area contributed by atoms with E-state index in [1.165, 1.54) is 12.1 Å². The highest BCUT2D eigenvalue weighted by molar-refractivity contribution is 7.91. The Morgan fingerprint density at radius 2 is 2.00 bits per heavy atom. The molecule has 1 aromatic rings. The predicted molar refractivity (Wildman–Crippen MR) is 86.4 cm³/mol. The molecule has 0 bridgehead atoms. The summed E-state index contributed by atoms with van der Waals surface area (Å²) in [7, 11) is -3.19. The van der Waals surface area contributed by atoms with E-state index in [2.05, 4.69) is 5.32 Å². The molecule has 1 amide bonds. The molecule has 0 saturated heterocycles. The van der Waals surface area contributed by atoms with Gasteiger partial charge in [0.25, 0.3) is 0 Å². The summed E-state index contributed by atoms with van der Waals surface area (Å²) in [5.41, 5.74) is -0.932. The first-order chi connectivity index (χ1) is 9.99. The Labute approximate surface area is 136 Å². The lowest BCUT2D eigenvalue weighted by Gasteiger charge is -2.27. The SMILES string of the molecule is CCS(=O)(=O)CC(C)NC(=O)C(C)(C)c1ccc(Cl)cc1F. The monoisotopic (exact) mass is 349 g/mol. The van der Waals surface area contributed by atoms with Crippen molar-refractivity contribution in [2.45, 2.75) is 39.2 Å². The minimum Gasteiger partial charge on any atom is -0.352 e. The second-order valence-corrected chi connectivity index (χ2v) is 8.66. The first-order valence-electron chi connectivity index (χ1n) is 6.96. The highest BCUT2D eigenvalue weighted by atomic mass is 35.5. The van der Waals surface area contributed by atoms with Gasteiger partial charge in [0, 0.05) is 22.4 Å². The summed E-state index contributed by atoms with van der Waals surface area (Å²) in [5, 5.41) is 2.88. The van der Waals surface area contributed by atoms with Gasteiger partial charge in [0.15, 0.2) is 9.84 Å². The Morgan fingerprint density at radius 3 is 2.50 bits per heavy atom. The highest BCUT2D eigenvalue weighted by Gasteiger charge is 2.33. The number of benzene rings is 1. The van der Waals surface area contributed by atoms with Crippen LogP contribution in [0.3, 0.4) is 0 Å². The summed E-state index contributed by atoms with van der Waals surface area (Å²) in [6.45, 7) is 6.32. The third-order valence-electron chi connectivity index (χ3n) is 3.49. The van der Waals surface area contributed by atoms with Crippen molar-refractivity contribution in [3.63, 3.8) is 0 Å². The largest absolute Gasteiger partial charge is 0.352 e. The van der Waals surface area contributed by atoms with Gasteiger partial charge in [-0.25, -0.2) is 12.8 Å². The van der Waals surface area contributed by atoms with E-state index in [1.807, 2.05) is 0 Å². The number of rotatable bonds is 6. The Hall–Kier alpha value is -1.14. The van der Waals surface area contributed by atoms with Crippen LogP contribution in [0, 0.1) is 5.82 Å². The number of halogens is 2. The lowest BCUT2D eigenvalue weighted by molar-refractivity contribution is -0.126. The normalized spacial score (nSPS) is 13.7. The fourth-order valence-electron chi connectivity index (χ4n) is 2.06. The Morgan fingerprint density at radius 1 is 1.41 bits per heavy atom. The van der Waals surface area contributed by atoms with E-state index in [9.17, 15) is 17.6 Å². The third kappa shape index (κ3) is 4.68. The second-order valence-electron chi connectivity index (χ2n) is 5.82. The first-order valence-corrected chi connectivity index (χ1v) is 9.16. The molecule has 1 N–H and O–H groups in total. The van der Waals surface area contributed by atoms with Crippen molar-refractivity contribution in [1.29, 1.82) is 0 Å². The maximum Gasteiger partial charge on any atom is 0.230 e. The van der Waals surface area contributed by atoms with Gasteiger partial charge in [0.1, 0.15) is 5.82 Å². The second kappa shape index (κ2) is 6.96. The number of amides is 1. The molecule has 124 valence electrons. The van der Waals surface area contributed by atoms with Crippen LogP contribution in [0.25, 0.3) is 0 Å². The van der Waals surface area contributed by atoms with E-state index in [-0.39, 0.29) is 22.1 Å². The number of carbonyl (C=O) groups excluding carboxylic acids is 1. The summed E-state index contributed by atoms with van der Waals surface area (Å²) in [6, 6.07) is 3.58. The highest BCUT2D eigenvalue weighted by Crippen LogP contribution is 2.28. The van der Waals surface area contributed by atoms with Crippen molar-refractivity contribution in [1.82, 2.24) is 5.32 Å². The van der Waals surface area contributed by atoms with Crippen LogP contribution in [0.15, 0.2) is 18.2 Å². The van der Waals surface area contributed by atoms with E-state index < -0.39 is 33.0 Å². The van der Waals surface area contributed by atoms with Crippen LogP contribution in [0.4, 0.5) is 4.39 Å². The molecule has 22 heavy (non-hydrogen) atoms. The van der Waals surface area contributed by atoms with Crippen LogP contribution in [-0.4, -0.2) is 31.9 Å². The van der Waals surface area contributed by atoms with Gasteiger partial charge in [-0.2, -0.15) is 0 Å². The van der Waals surface area contributed by atoms with Gasteiger partial charge in [0.05, 0.1) is 11.2 Å². The number of hydrogen-bond acceptors (Lipinski definition) is 3. The summed E-state index contributed by atoms with van der Waals surface area (Å²) in [6.07, 6.45) is 0. The van der Waals surface area contributed by atoms with Crippen molar-refractivity contribution in [2.24, 2.45) is 0 Å². The molecule has 1 rings (SSSR count). The molecule has 7 heteroatoms. The van der Waals surface area contributed by atoms with Crippen molar-refractivity contribution >= 4 is 27.3 Å². The molecular weight excluding hydrogens is 329 g/mol.